The Morgan fingerprint density at radius 2 is 2.14 bits per heavy atom. The summed E-state index contributed by atoms with van der Waals surface area (Å²) >= 11 is 1.57. The van der Waals surface area contributed by atoms with Crippen LogP contribution in [0.25, 0.3) is 15.7 Å². The smallest absolute Gasteiger partial charge is 0.291 e. The molecule has 0 unspecified atom stereocenters. The maximum atomic E-state index is 12.9. The molecule has 4 rings (SSSR count). The van der Waals surface area contributed by atoms with E-state index in [1.54, 1.807) is 23.5 Å². The highest BCUT2D eigenvalue weighted by Gasteiger charge is 2.18. The van der Waals surface area contributed by atoms with Gasteiger partial charge in [0.05, 0.1) is 19.0 Å². The first-order valence-electron chi connectivity index (χ1n) is 8.77. The predicted octanol–water partition coefficient (Wildman–Crippen LogP) is 2.88. The number of carbonyl (C=O) groups excluding carboxylic acids is 1. The lowest BCUT2D eigenvalue weighted by molar-refractivity contribution is -0.117. The van der Waals surface area contributed by atoms with Crippen molar-refractivity contribution in [3.8, 4) is 5.88 Å². The molecule has 9 heteroatoms. The molecule has 0 bridgehead atoms. The third-order valence-corrected chi connectivity index (χ3v) is 5.27. The summed E-state index contributed by atoms with van der Waals surface area (Å²) in [6.07, 6.45) is 1.50. The van der Waals surface area contributed by atoms with Crippen molar-refractivity contribution >= 4 is 38.7 Å². The first-order valence-corrected chi connectivity index (χ1v) is 9.65. The van der Waals surface area contributed by atoms with Crippen LogP contribution in [0.4, 0.5) is 5.69 Å². The Morgan fingerprint density at radius 3 is 2.82 bits per heavy atom. The summed E-state index contributed by atoms with van der Waals surface area (Å²) in [5.41, 5.74) is 0.752. The Morgan fingerprint density at radius 1 is 1.32 bits per heavy atom. The first kappa shape index (κ1) is 18.2. The molecular formula is C19H19N5O3S. The van der Waals surface area contributed by atoms with Crippen molar-refractivity contribution in [3.63, 3.8) is 0 Å². The number of ether oxygens (including phenoxy) is 1. The van der Waals surface area contributed by atoms with Crippen molar-refractivity contribution in [3.05, 3.63) is 52.0 Å². The second-order valence-electron chi connectivity index (χ2n) is 6.66. The minimum Gasteiger partial charge on any atom is -0.481 e. The van der Waals surface area contributed by atoms with E-state index >= 15 is 0 Å². The summed E-state index contributed by atoms with van der Waals surface area (Å²) in [5, 5.41) is 10.2. The van der Waals surface area contributed by atoms with E-state index in [2.05, 4.69) is 15.4 Å². The van der Waals surface area contributed by atoms with Crippen molar-refractivity contribution < 1.29 is 9.53 Å². The van der Waals surface area contributed by atoms with Gasteiger partial charge in [0, 0.05) is 17.4 Å². The highest BCUT2D eigenvalue weighted by atomic mass is 32.1. The van der Waals surface area contributed by atoms with Gasteiger partial charge in [0.2, 0.25) is 11.8 Å². The molecule has 4 aromatic heterocycles. The van der Waals surface area contributed by atoms with E-state index in [4.69, 9.17) is 4.74 Å². The van der Waals surface area contributed by atoms with E-state index in [1.807, 2.05) is 35.8 Å². The summed E-state index contributed by atoms with van der Waals surface area (Å²) in [4.78, 5) is 30.4. The number of aromatic nitrogens is 4. The average molecular weight is 397 g/mol. The average Bonchev–Trinajstić information content (AvgIpc) is 3.26. The minimum atomic E-state index is -0.353. The molecule has 0 aromatic carbocycles. The zero-order chi connectivity index (χ0) is 19.8. The summed E-state index contributed by atoms with van der Waals surface area (Å²) in [6.45, 7) is 3.85. The summed E-state index contributed by atoms with van der Waals surface area (Å²) in [7, 11) is 1.52. The number of methoxy groups -OCH3 is 1. The fourth-order valence-electron chi connectivity index (χ4n) is 3.05. The number of thiophene rings is 1. The number of rotatable bonds is 5. The molecule has 0 spiro atoms. The number of nitrogens with zero attached hydrogens (tertiary/aromatic N) is 4. The largest absolute Gasteiger partial charge is 0.481 e. The Hall–Kier alpha value is -3.20. The third kappa shape index (κ3) is 3.13. The fraction of sp³-hybridized carbons (Fsp3) is 0.263. The Balaban J connectivity index is 1.68. The van der Waals surface area contributed by atoms with Crippen LogP contribution >= 0.6 is 11.3 Å². The molecule has 144 valence electrons. The third-order valence-electron chi connectivity index (χ3n) is 4.36. The van der Waals surface area contributed by atoms with Gasteiger partial charge in [-0.1, -0.05) is 13.8 Å². The van der Waals surface area contributed by atoms with Gasteiger partial charge in [0.15, 0.2) is 0 Å². The summed E-state index contributed by atoms with van der Waals surface area (Å²) in [5.74, 6) is 0.928. The first-order chi connectivity index (χ1) is 13.5. The van der Waals surface area contributed by atoms with Crippen molar-refractivity contribution in [2.45, 2.75) is 26.3 Å². The Kier molecular flexibility index (Phi) is 4.60. The van der Waals surface area contributed by atoms with Crippen LogP contribution in [0.15, 0.2) is 40.6 Å². The number of hydrogen-bond acceptors (Lipinski definition) is 6. The van der Waals surface area contributed by atoms with E-state index in [0.29, 0.717) is 17.1 Å². The SMILES string of the molecule is COc1ccc(NC(=O)Cn2nc(C(C)C)n3c(cc4ccsc43)c2=O)cn1. The van der Waals surface area contributed by atoms with Crippen LogP contribution in [0.5, 0.6) is 5.88 Å². The molecule has 0 radical (unpaired) electrons. The maximum absolute atomic E-state index is 12.9. The standard InChI is InChI=1S/C19H19N5O3S/c1-11(2)17-22-23(10-15(25)21-13-4-5-16(27-3)20-9-13)18(26)14-8-12-6-7-28-19(12)24(14)17/h4-9,11H,10H2,1-3H3,(H,21,25). The number of pyridine rings is 1. The molecule has 0 aliphatic carbocycles. The van der Waals surface area contributed by atoms with E-state index in [-0.39, 0.29) is 23.9 Å². The normalized spacial score (nSPS) is 11.4. The van der Waals surface area contributed by atoms with Crippen LogP contribution in [0.3, 0.4) is 0 Å². The zero-order valence-corrected chi connectivity index (χ0v) is 16.5. The molecule has 0 saturated carbocycles. The van der Waals surface area contributed by atoms with E-state index in [9.17, 15) is 9.59 Å². The molecule has 4 aromatic rings. The molecule has 0 fully saturated rings. The molecule has 0 saturated heterocycles. The quantitative estimate of drug-likeness (QED) is 0.559. The second-order valence-corrected chi connectivity index (χ2v) is 7.55. The molecule has 1 N–H and O–H groups in total. The van der Waals surface area contributed by atoms with Crippen LogP contribution in [-0.2, 0) is 11.3 Å². The minimum absolute atomic E-state index is 0.0842. The summed E-state index contributed by atoms with van der Waals surface area (Å²) in [6, 6.07) is 7.16. The van der Waals surface area contributed by atoms with Gasteiger partial charge in [-0.15, -0.1) is 11.3 Å². The number of amides is 1. The lowest BCUT2D eigenvalue weighted by Gasteiger charge is -2.13. The lowest BCUT2D eigenvalue weighted by Crippen LogP contribution is -2.32. The van der Waals surface area contributed by atoms with Gasteiger partial charge in [-0.2, -0.15) is 5.10 Å². The molecule has 1 amide bonds. The summed E-state index contributed by atoms with van der Waals surface area (Å²) < 4.78 is 8.12. The number of carbonyl (C=O) groups is 1. The van der Waals surface area contributed by atoms with Crippen LogP contribution in [0.2, 0.25) is 0 Å². The highest BCUT2D eigenvalue weighted by molar-refractivity contribution is 7.16. The second kappa shape index (κ2) is 7.08. The Labute approximate surface area is 164 Å². The van der Waals surface area contributed by atoms with E-state index in [0.717, 1.165) is 16.0 Å². The van der Waals surface area contributed by atoms with Crippen molar-refractivity contribution in [1.82, 2.24) is 19.2 Å². The fourth-order valence-corrected chi connectivity index (χ4v) is 3.95. The number of hydrogen-bond donors (Lipinski definition) is 1. The van der Waals surface area contributed by atoms with Gasteiger partial charge in [0.1, 0.15) is 22.7 Å². The highest BCUT2D eigenvalue weighted by Crippen LogP contribution is 2.26. The van der Waals surface area contributed by atoms with Crippen LogP contribution in [-0.4, -0.2) is 32.2 Å². The maximum Gasteiger partial charge on any atom is 0.291 e. The number of nitrogens with one attached hydrogen (secondary N) is 1. The van der Waals surface area contributed by atoms with Gasteiger partial charge in [-0.3, -0.25) is 14.0 Å². The molecule has 0 aliphatic rings. The zero-order valence-electron chi connectivity index (χ0n) is 15.7. The molecule has 0 aliphatic heterocycles. The van der Waals surface area contributed by atoms with E-state index < -0.39 is 0 Å². The van der Waals surface area contributed by atoms with Crippen LogP contribution in [0, 0.1) is 0 Å². The monoisotopic (exact) mass is 397 g/mol. The van der Waals surface area contributed by atoms with Gasteiger partial charge >= 0.3 is 0 Å². The van der Waals surface area contributed by atoms with Crippen LogP contribution in [0.1, 0.15) is 25.6 Å². The van der Waals surface area contributed by atoms with E-state index in [1.165, 1.54) is 18.0 Å². The molecule has 4 heterocycles. The topological polar surface area (TPSA) is 90.5 Å². The molecule has 28 heavy (non-hydrogen) atoms. The number of anilines is 1. The molecular weight excluding hydrogens is 378 g/mol. The Bertz CT molecular complexity index is 1220. The van der Waals surface area contributed by atoms with Gasteiger partial charge < -0.3 is 10.1 Å². The predicted molar refractivity (Wildman–Crippen MR) is 108 cm³/mol. The lowest BCUT2D eigenvalue weighted by atomic mass is 10.2. The van der Waals surface area contributed by atoms with Crippen molar-refractivity contribution in [2.24, 2.45) is 0 Å². The molecule has 0 atom stereocenters. The van der Waals surface area contributed by atoms with Crippen LogP contribution < -0.4 is 15.6 Å². The number of fused-ring (bicyclic) bond motifs is 3. The van der Waals surface area contributed by atoms with Crippen molar-refractivity contribution in [2.75, 3.05) is 12.4 Å². The molecule has 8 nitrogen and oxygen atoms in total. The van der Waals surface area contributed by atoms with Gasteiger partial charge in [0.25, 0.3) is 5.56 Å². The van der Waals surface area contributed by atoms with Gasteiger partial charge in [-0.05, 0) is 23.6 Å². The van der Waals surface area contributed by atoms with Crippen molar-refractivity contribution in [1.29, 1.82) is 0 Å². The van der Waals surface area contributed by atoms with Gasteiger partial charge in [-0.25, -0.2) is 9.67 Å².